The van der Waals surface area contributed by atoms with Crippen LogP contribution < -0.4 is 22.5 Å². The van der Waals surface area contributed by atoms with Crippen LogP contribution in [0, 0.1) is 13.8 Å². The van der Waals surface area contributed by atoms with Crippen molar-refractivity contribution in [3.05, 3.63) is 62.0 Å². The Morgan fingerprint density at radius 1 is 0.667 bits per heavy atom. The number of carbonyl (C=O) groups is 2. The van der Waals surface area contributed by atoms with E-state index in [1.807, 2.05) is 0 Å². The monoisotopic (exact) mass is 546 g/mol. The quantitative estimate of drug-likeness (QED) is 0.526. The molecule has 2 aromatic heterocycles. The molecule has 0 spiro atoms. The van der Waals surface area contributed by atoms with Gasteiger partial charge in [-0.15, -0.1) is 0 Å². The van der Waals surface area contributed by atoms with Crippen molar-refractivity contribution in [2.24, 2.45) is 0 Å². The van der Waals surface area contributed by atoms with Gasteiger partial charge in [-0.3, -0.25) is 28.3 Å². The average Bonchev–Trinajstić information content (AvgIpc) is 2.64. The van der Waals surface area contributed by atoms with Crippen molar-refractivity contribution in [2.45, 2.75) is 53.6 Å². The summed E-state index contributed by atoms with van der Waals surface area (Å²) in [6, 6.07) is -1.17. The third-order valence-electron chi connectivity index (χ3n) is 4.54. The van der Waals surface area contributed by atoms with E-state index in [2.05, 4.69) is 31.9 Å². The number of rotatable bonds is 2. The molecular weight excluding hydrogens is 528 g/mol. The van der Waals surface area contributed by atoms with Crippen LogP contribution in [0.15, 0.2) is 28.1 Å². The second kappa shape index (κ2) is 8.42. The van der Waals surface area contributed by atoms with Crippen LogP contribution in [0.4, 0.5) is 0 Å². The van der Waals surface area contributed by atoms with Crippen LogP contribution in [0.25, 0.3) is 0 Å². The van der Waals surface area contributed by atoms with E-state index in [1.165, 1.54) is 13.8 Å². The maximum absolute atomic E-state index is 13.0. The number of halogens is 2. The van der Waals surface area contributed by atoms with Gasteiger partial charge in [0.1, 0.15) is 8.95 Å². The van der Waals surface area contributed by atoms with Crippen molar-refractivity contribution in [3.8, 4) is 0 Å². The number of hydrogen-bond donors (Lipinski definition) is 0. The summed E-state index contributed by atoms with van der Waals surface area (Å²) in [7, 11) is 0. The van der Waals surface area contributed by atoms with E-state index >= 15 is 0 Å². The fraction of sp³-hybridized carbons (Fsp3) is 0.444. The SMILES string of the molecule is Cc1c(Br)c(=O)n(C(C)C)c(=O)n1C(=O)C(=O)n1c(C)c(Br)c(=O)n(C(C)C)c1=O. The number of nitrogens with zero attached hydrogens (tertiary/aromatic N) is 4. The van der Waals surface area contributed by atoms with E-state index in [-0.39, 0.29) is 20.3 Å². The molecule has 0 aliphatic rings. The van der Waals surface area contributed by atoms with Gasteiger partial charge in [0.05, 0.1) is 0 Å². The lowest BCUT2D eigenvalue weighted by Crippen LogP contribution is -2.50. The molecule has 0 atom stereocenters. The van der Waals surface area contributed by atoms with Gasteiger partial charge in [-0.25, -0.2) is 18.7 Å². The summed E-state index contributed by atoms with van der Waals surface area (Å²) in [5, 5.41) is 0. The zero-order valence-electron chi connectivity index (χ0n) is 17.1. The molecule has 10 nitrogen and oxygen atoms in total. The highest BCUT2D eigenvalue weighted by Crippen LogP contribution is 2.13. The summed E-state index contributed by atoms with van der Waals surface area (Å²) in [5.74, 6) is -2.67. The minimum absolute atomic E-state index is 0.0608. The van der Waals surface area contributed by atoms with E-state index in [9.17, 15) is 28.8 Å². The second-order valence-electron chi connectivity index (χ2n) is 7.18. The van der Waals surface area contributed by atoms with Gasteiger partial charge in [0.2, 0.25) is 0 Å². The average molecular weight is 548 g/mol. The zero-order chi connectivity index (χ0) is 23.2. The van der Waals surface area contributed by atoms with Crippen LogP contribution in [0.2, 0.25) is 0 Å². The first-order valence-corrected chi connectivity index (χ1v) is 10.5. The molecule has 2 rings (SSSR count). The third kappa shape index (κ3) is 3.62. The topological polar surface area (TPSA) is 122 Å². The maximum atomic E-state index is 13.0. The van der Waals surface area contributed by atoms with Crippen LogP contribution in [-0.4, -0.2) is 30.1 Å². The Morgan fingerprint density at radius 2 is 0.933 bits per heavy atom. The molecule has 0 N–H and O–H groups in total. The van der Waals surface area contributed by atoms with E-state index in [1.54, 1.807) is 27.7 Å². The van der Waals surface area contributed by atoms with Crippen LogP contribution in [0.3, 0.4) is 0 Å². The molecule has 30 heavy (non-hydrogen) atoms. The van der Waals surface area contributed by atoms with Crippen molar-refractivity contribution in [1.82, 2.24) is 18.3 Å². The highest BCUT2D eigenvalue weighted by Gasteiger charge is 2.30. The summed E-state index contributed by atoms with van der Waals surface area (Å²) >= 11 is 6.12. The van der Waals surface area contributed by atoms with Gasteiger partial charge in [0, 0.05) is 23.5 Å². The molecule has 0 radical (unpaired) electrons. The largest absolute Gasteiger partial charge is 0.338 e. The number of carbonyl (C=O) groups excluding carboxylic acids is 2. The Kier molecular flexibility index (Phi) is 6.72. The minimum Gasteiger partial charge on any atom is -0.268 e. The number of hydrogen-bond acceptors (Lipinski definition) is 6. The minimum atomic E-state index is -1.33. The summed E-state index contributed by atoms with van der Waals surface area (Å²) in [6.45, 7) is 8.95. The molecule has 0 aromatic carbocycles. The van der Waals surface area contributed by atoms with Crippen molar-refractivity contribution in [2.75, 3.05) is 0 Å². The summed E-state index contributed by atoms with van der Waals surface area (Å²) in [6.07, 6.45) is 0. The molecule has 0 saturated carbocycles. The smallest absolute Gasteiger partial charge is 0.268 e. The Bertz CT molecular complexity index is 1210. The third-order valence-corrected chi connectivity index (χ3v) is 6.36. The molecule has 0 unspecified atom stereocenters. The molecule has 12 heteroatoms. The van der Waals surface area contributed by atoms with Crippen molar-refractivity contribution < 1.29 is 9.59 Å². The first-order chi connectivity index (χ1) is 13.7. The predicted octanol–water partition coefficient (Wildman–Crippen LogP) is 1.62. The van der Waals surface area contributed by atoms with Crippen LogP contribution >= 0.6 is 31.9 Å². The lowest BCUT2D eigenvalue weighted by atomic mass is 10.3. The molecule has 0 fully saturated rings. The highest BCUT2D eigenvalue weighted by molar-refractivity contribution is 9.10. The van der Waals surface area contributed by atoms with Crippen molar-refractivity contribution in [3.63, 3.8) is 0 Å². The van der Waals surface area contributed by atoms with Gasteiger partial charge in [0.15, 0.2) is 0 Å². The molecular formula is C18H20Br2N4O6. The summed E-state index contributed by atoms with van der Waals surface area (Å²) in [4.78, 5) is 76.5. The van der Waals surface area contributed by atoms with Crippen molar-refractivity contribution in [1.29, 1.82) is 0 Å². The Morgan fingerprint density at radius 3 is 1.17 bits per heavy atom. The van der Waals surface area contributed by atoms with Gasteiger partial charge >= 0.3 is 23.2 Å². The van der Waals surface area contributed by atoms with Crippen molar-refractivity contribution >= 4 is 43.7 Å². The fourth-order valence-corrected chi connectivity index (χ4v) is 3.71. The number of aromatic nitrogens is 4. The van der Waals surface area contributed by atoms with E-state index in [0.717, 1.165) is 9.13 Å². The van der Waals surface area contributed by atoms with E-state index in [0.29, 0.717) is 9.13 Å². The lowest BCUT2D eigenvalue weighted by Gasteiger charge is -2.18. The molecule has 162 valence electrons. The van der Waals surface area contributed by atoms with Gasteiger partial charge in [-0.2, -0.15) is 0 Å². The zero-order valence-corrected chi connectivity index (χ0v) is 20.3. The Labute approximate surface area is 187 Å². The van der Waals surface area contributed by atoms with Gasteiger partial charge in [-0.05, 0) is 73.4 Å². The molecule has 2 heterocycles. The molecule has 0 bridgehead atoms. The molecule has 0 amide bonds. The van der Waals surface area contributed by atoms with Crippen LogP contribution in [0.5, 0.6) is 0 Å². The Balaban J connectivity index is 2.89. The van der Waals surface area contributed by atoms with Gasteiger partial charge in [0.25, 0.3) is 11.1 Å². The normalized spacial score (nSPS) is 11.4. The van der Waals surface area contributed by atoms with E-state index < -0.39 is 46.4 Å². The maximum Gasteiger partial charge on any atom is 0.338 e. The molecule has 2 aromatic rings. The van der Waals surface area contributed by atoms with Crippen LogP contribution in [-0.2, 0) is 0 Å². The second-order valence-corrected chi connectivity index (χ2v) is 8.77. The fourth-order valence-electron chi connectivity index (χ4n) is 2.97. The first-order valence-electron chi connectivity index (χ1n) is 8.91. The summed E-state index contributed by atoms with van der Waals surface area (Å²) in [5.41, 5.74) is -3.46. The Hall–Kier alpha value is -2.34. The van der Waals surface area contributed by atoms with E-state index in [4.69, 9.17) is 0 Å². The predicted molar refractivity (Wildman–Crippen MR) is 117 cm³/mol. The van der Waals surface area contributed by atoms with Gasteiger partial charge in [-0.1, -0.05) is 0 Å². The summed E-state index contributed by atoms with van der Waals surface area (Å²) < 4.78 is 2.60. The lowest BCUT2D eigenvalue weighted by molar-refractivity contribution is 0.0701. The standard InChI is InChI=1S/C18H20Br2N4O6/c1-7(2)21-13(25)11(19)9(5)23(17(21)29)15(27)16(28)24-10(6)12(20)14(26)22(8(3)4)18(24)30/h7-8H,1-6H3. The molecule has 0 aliphatic carbocycles. The van der Waals surface area contributed by atoms with Gasteiger partial charge < -0.3 is 0 Å². The molecule has 0 aliphatic heterocycles. The highest BCUT2D eigenvalue weighted by atomic mass is 79.9. The van der Waals surface area contributed by atoms with Crippen LogP contribution in [0.1, 0.15) is 60.8 Å². The first kappa shape index (κ1) is 23.9. The molecule has 0 saturated heterocycles.